The zero-order valence-electron chi connectivity index (χ0n) is 9.74. The summed E-state index contributed by atoms with van der Waals surface area (Å²) in [5.41, 5.74) is 0. The lowest BCUT2D eigenvalue weighted by Crippen LogP contribution is -2.36. The van der Waals surface area contributed by atoms with Crippen molar-refractivity contribution in [1.29, 1.82) is 0 Å². The Kier molecular flexibility index (Phi) is 5.05. The lowest BCUT2D eigenvalue weighted by molar-refractivity contribution is -0.133. The van der Waals surface area contributed by atoms with Gasteiger partial charge in [0.2, 0.25) is 0 Å². The summed E-state index contributed by atoms with van der Waals surface area (Å²) in [4.78, 5) is 13.3. The van der Waals surface area contributed by atoms with Crippen molar-refractivity contribution in [3.05, 3.63) is 27.8 Å². The molecule has 0 aromatic heterocycles. The van der Waals surface area contributed by atoms with Gasteiger partial charge >= 0.3 is 0 Å². The number of rotatable bonds is 4. The number of halogens is 1. The number of benzene rings is 1. The first-order chi connectivity index (χ1) is 7.50. The van der Waals surface area contributed by atoms with E-state index in [4.69, 9.17) is 4.74 Å². The maximum Gasteiger partial charge on any atom is 0.260 e. The van der Waals surface area contributed by atoms with E-state index in [0.29, 0.717) is 0 Å². The summed E-state index contributed by atoms with van der Waals surface area (Å²) in [6.07, 6.45) is 0. The third-order valence-electron chi connectivity index (χ3n) is 2.33. The van der Waals surface area contributed by atoms with E-state index in [9.17, 15) is 4.79 Å². The maximum atomic E-state index is 11.6. The summed E-state index contributed by atoms with van der Waals surface area (Å²) in [6.45, 7) is 4.04. The monoisotopic (exact) mass is 333 g/mol. The molecule has 16 heavy (non-hydrogen) atoms. The fourth-order valence-electron chi connectivity index (χ4n) is 1.09. The van der Waals surface area contributed by atoms with Crippen LogP contribution in [-0.2, 0) is 4.79 Å². The Labute approximate surface area is 110 Å². The number of hydrogen-bond acceptors (Lipinski definition) is 2. The van der Waals surface area contributed by atoms with Crippen LogP contribution in [0.2, 0.25) is 0 Å². The Hall–Kier alpha value is -0.780. The molecule has 0 fully saturated rings. The minimum atomic E-state index is -0.00568. The van der Waals surface area contributed by atoms with Crippen LogP contribution in [0.15, 0.2) is 24.3 Å². The third kappa shape index (κ3) is 4.00. The summed E-state index contributed by atoms with van der Waals surface area (Å²) >= 11 is 2.21. The second-order valence-corrected chi connectivity index (χ2v) is 5.09. The van der Waals surface area contributed by atoms with Gasteiger partial charge in [0, 0.05) is 16.7 Å². The van der Waals surface area contributed by atoms with Crippen LogP contribution in [-0.4, -0.2) is 30.5 Å². The van der Waals surface area contributed by atoms with Gasteiger partial charge in [0.15, 0.2) is 6.61 Å². The van der Waals surface area contributed by atoms with Crippen molar-refractivity contribution in [2.24, 2.45) is 0 Å². The smallest absolute Gasteiger partial charge is 0.260 e. The molecule has 0 spiro atoms. The molecule has 1 rings (SSSR count). The molecule has 3 nitrogen and oxygen atoms in total. The van der Waals surface area contributed by atoms with E-state index in [2.05, 4.69) is 22.6 Å². The van der Waals surface area contributed by atoms with E-state index < -0.39 is 0 Å². The van der Waals surface area contributed by atoms with E-state index >= 15 is 0 Å². The number of carbonyl (C=O) groups is 1. The molecule has 1 aromatic carbocycles. The number of amides is 1. The molecule has 0 aliphatic rings. The van der Waals surface area contributed by atoms with Gasteiger partial charge in [0.05, 0.1) is 0 Å². The van der Waals surface area contributed by atoms with E-state index in [1.54, 1.807) is 11.9 Å². The molecular formula is C12H16INO2. The molecule has 0 saturated carbocycles. The Balaban J connectivity index is 2.49. The van der Waals surface area contributed by atoms with Gasteiger partial charge in [-0.15, -0.1) is 0 Å². The molecule has 0 radical (unpaired) electrons. The molecule has 0 aliphatic heterocycles. The largest absolute Gasteiger partial charge is 0.484 e. The second kappa shape index (κ2) is 6.08. The molecule has 0 aliphatic carbocycles. The summed E-state index contributed by atoms with van der Waals surface area (Å²) in [7, 11) is 1.78. The van der Waals surface area contributed by atoms with Gasteiger partial charge in [-0.1, -0.05) is 6.07 Å². The lowest BCUT2D eigenvalue weighted by Gasteiger charge is -2.21. The lowest BCUT2D eigenvalue weighted by atomic mass is 10.3. The van der Waals surface area contributed by atoms with Gasteiger partial charge in [-0.3, -0.25) is 4.79 Å². The zero-order chi connectivity index (χ0) is 12.1. The Morgan fingerprint density at radius 1 is 1.50 bits per heavy atom. The molecule has 0 atom stereocenters. The first-order valence-corrected chi connectivity index (χ1v) is 6.22. The van der Waals surface area contributed by atoms with E-state index in [1.165, 1.54) is 0 Å². The third-order valence-corrected chi connectivity index (χ3v) is 3.00. The predicted octanol–water partition coefficient (Wildman–Crippen LogP) is 2.54. The van der Waals surface area contributed by atoms with Crippen molar-refractivity contribution >= 4 is 28.5 Å². The van der Waals surface area contributed by atoms with Crippen LogP contribution in [0.4, 0.5) is 0 Å². The van der Waals surface area contributed by atoms with E-state index in [0.717, 1.165) is 9.32 Å². The van der Waals surface area contributed by atoms with E-state index in [1.807, 2.05) is 38.1 Å². The number of hydrogen-bond donors (Lipinski definition) is 0. The molecular weight excluding hydrogens is 317 g/mol. The van der Waals surface area contributed by atoms with Crippen LogP contribution in [0.1, 0.15) is 13.8 Å². The first-order valence-electron chi connectivity index (χ1n) is 5.14. The normalized spacial score (nSPS) is 10.3. The summed E-state index contributed by atoms with van der Waals surface area (Å²) < 4.78 is 6.52. The van der Waals surface area contributed by atoms with Gasteiger partial charge in [0.1, 0.15) is 5.75 Å². The number of nitrogens with zero attached hydrogens (tertiary/aromatic N) is 1. The Bertz CT molecular complexity index is 366. The molecule has 0 saturated heterocycles. The van der Waals surface area contributed by atoms with Gasteiger partial charge in [-0.25, -0.2) is 0 Å². The number of carbonyl (C=O) groups excluding carboxylic acids is 1. The quantitative estimate of drug-likeness (QED) is 0.793. The molecule has 1 amide bonds. The highest BCUT2D eigenvalue weighted by molar-refractivity contribution is 14.1. The molecule has 1 aromatic rings. The van der Waals surface area contributed by atoms with Crippen LogP contribution < -0.4 is 4.74 Å². The standard InChI is InChI=1S/C12H16INO2/c1-9(2)14(3)12(15)8-16-11-6-4-5-10(13)7-11/h4-7,9H,8H2,1-3H3. The SMILES string of the molecule is CC(C)N(C)C(=O)COc1cccc(I)c1. The van der Waals surface area contributed by atoms with Crippen molar-refractivity contribution in [3.8, 4) is 5.75 Å². The highest BCUT2D eigenvalue weighted by atomic mass is 127. The average molecular weight is 333 g/mol. The maximum absolute atomic E-state index is 11.6. The summed E-state index contributed by atoms with van der Waals surface area (Å²) in [5.74, 6) is 0.728. The van der Waals surface area contributed by atoms with Crippen LogP contribution in [0.3, 0.4) is 0 Å². The van der Waals surface area contributed by atoms with Gasteiger partial charge in [-0.05, 0) is 54.6 Å². The van der Waals surface area contributed by atoms with Crippen LogP contribution in [0.25, 0.3) is 0 Å². The van der Waals surface area contributed by atoms with Crippen molar-refractivity contribution < 1.29 is 9.53 Å². The van der Waals surface area contributed by atoms with Crippen LogP contribution in [0, 0.1) is 3.57 Å². The van der Waals surface area contributed by atoms with Crippen molar-refractivity contribution in [1.82, 2.24) is 4.90 Å². The van der Waals surface area contributed by atoms with Crippen molar-refractivity contribution in [2.45, 2.75) is 19.9 Å². The Morgan fingerprint density at radius 2 is 2.19 bits per heavy atom. The average Bonchev–Trinajstić information content (AvgIpc) is 2.24. The van der Waals surface area contributed by atoms with Gasteiger partial charge in [0.25, 0.3) is 5.91 Å². The van der Waals surface area contributed by atoms with Crippen LogP contribution >= 0.6 is 22.6 Å². The highest BCUT2D eigenvalue weighted by Crippen LogP contribution is 2.14. The second-order valence-electron chi connectivity index (χ2n) is 3.84. The molecule has 4 heteroatoms. The number of likely N-dealkylation sites (N-methyl/N-ethyl adjacent to an activating group) is 1. The highest BCUT2D eigenvalue weighted by Gasteiger charge is 2.12. The fourth-order valence-corrected chi connectivity index (χ4v) is 1.61. The Morgan fingerprint density at radius 3 is 2.75 bits per heavy atom. The first kappa shape index (κ1) is 13.3. The summed E-state index contributed by atoms with van der Waals surface area (Å²) in [5, 5.41) is 0. The van der Waals surface area contributed by atoms with Crippen molar-refractivity contribution in [2.75, 3.05) is 13.7 Å². The topological polar surface area (TPSA) is 29.5 Å². The molecule has 0 unspecified atom stereocenters. The fraction of sp³-hybridized carbons (Fsp3) is 0.417. The zero-order valence-corrected chi connectivity index (χ0v) is 11.9. The molecule has 0 N–H and O–H groups in total. The molecule has 0 bridgehead atoms. The summed E-state index contributed by atoms with van der Waals surface area (Å²) in [6, 6.07) is 7.85. The number of ether oxygens (including phenoxy) is 1. The van der Waals surface area contributed by atoms with Crippen molar-refractivity contribution in [3.63, 3.8) is 0 Å². The minimum Gasteiger partial charge on any atom is -0.484 e. The predicted molar refractivity (Wildman–Crippen MR) is 72.6 cm³/mol. The molecule has 0 heterocycles. The van der Waals surface area contributed by atoms with Gasteiger partial charge in [-0.2, -0.15) is 0 Å². The van der Waals surface area contributed by atoms with Gasteiger partial charge < -0.3 is 9.64 Å². The van der Waals surface area contributed by atoms with Crippen LogP contribution in [0.5, 0.6) is 5.75 Å². The molecule has 88 valence electrons. The van der Waals surface area contributed by atoms with E-state index in [-0.39, 0.29) is 18.6 Å². The minimum absolute atomic E-state index is 0.00568.